The van der Waals surface area contributed by atoms with Crippen molar-refractivity contribution in [1.29, 1.82) is 0 Å². The average Bonchev–Trinajstić information content (AvgIpc) is 2.48. The van der Waals surface area contributed by atoms with Crippen LogP contribution in [0.3, 0.4) is 0 Å². The molecule has 2 aromatic rings. The van der Waals surface area contributed by atoms with E-state index in [2.05, 4.69) is 10.3 Å². The third-order valence-electron chi connectivity index (χ3n) is 2.76. The summed E-state index contributed by atoms with van der Waals surface area (Å²) in [6.07, 6.45) is 3.31. The molecule has 0 fully saturated rings. The summed E-state index contributed by atoms with van der Waals surface area (Å²) in [5.41, 5.74) is 7.93. The Morgan fingerprint density at radius 1 is 1.20 bits per heavy atom. The van der Waals surface area contributed by atoms with Gasteiger partial charge in [-0.1, -0.05) is 12.2 Å². The summed E-state index contributed by atoms with van der Waals surface area (Å²) in [6.45, 7) is 0. The Morgan fingerprint density at radius 2 is 2.00 bits per heavy atom. The molecule has 3 N–H and O–H groups in total. The summed E-state index contributed by atoms with van der Waals surface area (Å²) >= 11 is 5.03. The summed E-state index contributed by atoms with van der Waals surface area (Å²) in [4.78, 5) is 4.38. The Morgan fingerprint density at radius 3 is 2.65 bits per heavy atom. The zero-order chi connectivity index (χ0) is 14.5. The van der Waals surface area contributed by atoms with Crippen molar-refractivity contribution in [2.45, 2.75) is 0 Å². The minimum absolute atomic E-state index is 0.308. The molecule has 0 unspecified atom stereocenters. The van der Waals surface area contributed by atoms with Crippen LogP contribution in [0, 0.1) is 0 Å². The normalized spacial score (nSPS) is 9.90. The molecule has 0 bridgehead atoms. The fourth-order valence-corrected chi connectivity index (χ4v) is 1.93. The molecule has 6 heteroatoms. The van der Waals surface area contributed by atoms with E-state index in [1.54, 1.807) is 38.7 Å². The summed E-state index contributed by atoms with van der Waals surface area (Å²) in [5.74, 6) is 1.37. The largest absolute Gasteiger partial charge is 0.497 e. The standard InChI is InChI=1S/C14H15N3O2S/c1-18-9-3-4-11(13(7-9)19-2)17-12-8-16-6-5-10(12)14(15)20/h3-8,17H,1-2H3,(H2,15,20). The van der Waals surface area contributed by atoms with Crippen LogP contribution in [0.25, 0.3) is 0 Å². The van der Waals surface area contributed by atoms with Crippen LogP contribution in [-0.4, -0.2) is 24.2 Å². The summed E-state index contributed by atoms with van der Waals surface area (Å²) < 4.78 is 10.5. The third-order valence-corrected chi connectivity index (χ3v) is 2.98. The molecule has 0 aliphatic carbocycles. The molecule has 0 radical (unpaired) electrons. The van der Waals surface area contributed by atoms with E-state index < -0.39 is 0 Å². The fraction of sp³-hybridized carbons (Fsp3) is 0.143. The molecule has 20 heavy (non-hydrogen) atoms. The number of rotatable bonds is 5. The number of thiocarbonyl (C=S) groups is 1. The number of nitrogens with two attached hydrogens (primary N) is 1. The second kappa shape index (κ2) is 6.21. The molecule has 0 saturated heterocycles. The smallest absolute Gasteiger partial charge is 0.145 e. The number of ether oxygens (including phenoxy) is 2. The van der Waals surface area contributed by atoms with Gasteiger partial charge in [-0.05, 0) is 18.2 Å². The van der Waals surface area contributed by atoms with Gasteiger partial charge in [0.25, 0.3) is 0 Å². The van der Waals surface area contributed by atoms with Crippen LogP contribution in [0.1, 0.15) is 5.56 Å². The first kappa shape index (κ1) is 14.1. The summed E-state index contributed by atoms with van der Waals surface area (Å²) in [7, 11) is 3.20. The number of hydrogen-bond acceptors (Lipinski definition) is 5. The predicted octanol–water partition coefficient (Wildman–Crippen LogP) is 2.48. The van der Waals surface area contributed by atoms with Crippen LogP contribution in [-0.2, 0) is 0 Å². The molecule has 0 saturated carbocycles. The maximum atomic E-state index is 5.70. The van der Waals surface area contributed by atoms with Gasteiger partial charge in [-0.3, -0.25) is 4.98 Å². The van der Waals surface area contributed by atoms with Crippen molar-refractivity contribution in [1.82, 2.24) is 4.98 Å². The molecule has 104 valence electrons. The average molecular weight is 289 g/mol. The molecule has 1 aromatic carbocycles. The van der Waals surface area contributed by atoms with E-state index >= 15 is 0 Å². The number of benzene rings is 1. The first-order valence-corrected chi connectivity index (χ1v) is 6.29. The van der Waals surface area contributed by atoms with Gasteiger partial charge in [0.2, 0.25) is 0 Å². The van der Waals surface area contributed by atoms with E-state index in [1.807, 2.05) is 12.1 Å². The third kappa shape index (κ3) is 2.97. The SMILES string of the molecule is COc1ccc(Nc2cnccc2C(N)=S)c(OC)c1. The maximum absolute atomic E-state index is 5.70. The number of methoxy groups -OCH3 is 2. The zero-order valence-electron chi connectivity index (χ0n) is 11.2. The van der Waals surface area contributed by atoms with E-state index in [4.69, 9.17) is 27.4 Å². The van der Waals surface area contributed by atoms with Gasteiger partial charge in [0.15, 0.2) is 0 Å². The lowest BCUT2D eigenvalue weighted by Gasteiger charge is -2.14. The van der Waals surface area contributed by atoms with Crippen LogP contribution >= 0.6 is 12.2 Å². The second-order valence-corrected chi connectivity index (χ2v) is 4.42. The van der Waals surface area contributed by atoms with Crippen LogP contribution in [0.2, 0.25) is 0 Å². The molecule has 1 aromatic heterocycles. The molecule has 0 aliphatic heterocycles. The molecule has 1 heterocycles. The van der Waals surface area contributed by atoms with Crippen molar-refractivity contribution in [3.63, 3.8) is 0 Å². The molecular formula is C14H15N3O2S. The van der Waals surface area contributed by atoms with Gasteiger partial charge < -0.3 is 20.5 Å². The van der Waals surface area contributed by atoms with Gasteiger partial charge in [0.05, 0.1) is 31.8 Å². The molecule has 0 atom stereocenters. The highest BCUT2D eigenvalue weighted by Crippen LogP contribution is 2.32. The Bertz CT molecular complexity index is 632. The number of nitrogens with one attached hydrogen (secondary N) is 1. The van der Waals surface area contributed by atoms with Crippen molar-refractivity contribution in [2.75, 3.05) is 19.5 Å². The first-order chi connectivity index (χ1) is 9.65. The quantitative estimate of drug-likeness (QED) is 0.824. The van der Waals surface area contributed by atoms with E-state index in [0.717, 1.165) is 16.9 Å². The lowest BCUT2D eigenvalue weighted by Crippen LogP contribution is -2.12. The van der Waals surface area contributed by atoms with E-state index in [1.165, 1.54) is 0 Å². The molecule has 5 nitrogen and oxygen atoms in total. The van der Waals surface area contributed by atoms with Gasteiger partial charge in [-0.25, -0.2) is 0 Å². The minimum Gasteiger partial charge on any atom is -0.497 e. The lowest BCUT2D eigenvalue weighted by molar-refractivity contribution is 0.395. The molecular weight excluding hydrogens is 274 g/mol. The summed E-state index contributed by atoms with van der Waals surface area (Å²) in [5, 5.41) is 3.21. The number of hydrogen-bond donors (Lipinski definition) is 2. The second-order valence-electron chi connectivity index (χ2n) is 3.98. The van der Waals surface area contributed by atoms with Crippen molar-refractivity contribution < 1.29 is 9.47 Å². The highest BCUT2D eigenvalue weighted by molar-refractivity contribution is 7.80. The zero-order valence-corrected chi connectivity index (χ0v) is 12.0. The van der Waals surface area contributed by atoms with E-state index in [9.17, 15) is 0 Å². The van der Waals surface area contributed by atoms with E-state index in [-0.39, 0.29) is 0 Å². The highest BCUT2D eigenvalue weighted by atomic mass is 32.1. The number of anilines is 2. The van der Waals surface area contributed by atoms with Gasteiger partial charge >= 0.3 is 0 Å². The van der Waals surface area contributed by atoms with Crippen LogP contribution in [0.5, 0.6) is 11.5 Å². The number of nitrogens with zero attached hydrogens (tertiary/aromatic N) is 1. The topological polar surface area (TPSA) is 69.4 Å². The van der Waals surface area contributed by atoms with Gasteiger partial charge in [-0.2, -0.15) is 0 Å². The van der Waals surface area contributed by atoms with Crippen molar-refractivity contribution in [2.24, 2.45) is 5.73 Å². The Hall–Kier alpha value is -2.34. The Labute approximate surface area is 122 Å². The van der Waals surface area contributed by atoms with Crippen molar-refractivity contribution in [3.8, 4) is 11.5 Å². The van der Waals surface area contributed by atoms with Crippen LogP contribution in [0.15, 0.2) is 36.7 Å². The van der Waals surface area contributed by atoms with Crippen LogP contribution < -0.4 is 20.5 Å². The molecule has 0 aliphatic rings. The lowest BCUT2D eigenvalue weighted by atomic mass is 10.2. The highest BCUT2D eigenvalue weighted by Gasteiger charge is 2.09. The monoisotopic (exact) mass is 289 g/mol. The fourth-order valence-electron chi connectivity index (χ4n) is 1.76. The Balaban J connectivity index is 2.37. The first-order valence-electron chi connectivity index (χ1n) is 5.88. The van der Waals surface area contributed by atoms with E-state index in [0.29, 0.717) is 16.5 Å². The van der Waals surface area contributed by atoms with Crippen LogP contribution in [0.4, 0.5) is 11.4 Å². The maximum Gasteiger partial charge on any atom is 0.145 e. The van der Waals surface area contributed by atoms with Crippen molar-refractivity contribution in [3.05, 3.63) is 42.2 Å². The molecule has 2 rings (SSSR count). The van der Waals surface area contributed by atoms with Gasteiger partial charge in [0, 0.05) is 17.8 Å². The summed E-state index contributed by atoms with van der Waals surface area (Å²) in [6, 6.07) is 7.25. The molecule has 0 amide bonds. The number of pyridine rings is 1. The Kier molecular flexibility index (Phi) is 4.37. The van der Waals surface area contributed by atoms with Gasteiger partial charge in [0.1, 0.15) is 16.5 Å². The van der Waals surface area contributed by atoms with Gasteiger partial charge in [-0.15, -0.1) is 0 Å². The number of aromatic nitrogens is 1. The van der Waals surface area contributed by atoms with Crippen molar-refractivity contribution >= 4 is 28.6 Å². The minimum atomic E-state index is 0.308. The predicted molar refractivity (Wildman–Crippen MR) is 83.0 cm³/mol. The molecule has 0 spiro atoms.